The molecule has 0 aliphatic carbocycles. The lowest BCUT2D eigenvalue weighted by Gasteiger charge is -2.13. The van der Waals surface area contributed by atoms with Gasteiger partial charge < -0.3 is 15.2 Å². The first-order valence-electron chi connectivity index (χ1n) is 5.80. The molecule has 0 bridgehead atoms. The molecule has 0 amide bonds. The van der Waals surface area contributed by atoms with Crippen molar-refractivity contribution in [1.29, 1.82) is 0 Å². The Morgan fingerprint density at radius 3 is 2.70 bits per heavy atom. The number of rotatable bonds is 5. The highest BCUT2D eigenvalue weighted by Crippen LogP contribution is 2.37. The van der Waals surface area contributed by atoms with Crippen LogP contribution in [0.1, 0.15) is 13.8 Å². The average Bonchev–Trinajstić information content (AvgIpc) is 2.76. The highest BCUT2D eigenvalue weighted by atomic mass is 32.1. The molecule has 8 heteroatoms. The molecule has 0 saturated carbocycles. The number of nitro benzene ring substituents is 1. The Hall–Kier alpha value is -2.35. The summed E-state index contributed by atoms with van der Waals surface area (Å²) in [6, 6.07) is 4.18. The van der Waals surface area contributed by atoms with E-state index in [0.717, 1.165) is 0 Å². The van der Waals surface area contributed by atoms with E-state index in [1.165, 1.54) is 35.7 Å². The fraction of sp³-hybridized carbons (Fsp3) is 0.250. The molecule has 0 atom stereocenters. The molecule has 0 saturated heterocycles. The topological polar surface area (TPSA) is 101 Å². The van der Waals surface area contributed by atoms with Crippen molar-refractivity contribution >= 4 is 22.2 Å². The zero-order valence-electron chi connectivity index (χ0n) is 10.9. The Morgan fingerprint density at radius 2 is 2.15 bits per heavy atom. The SMILES string of the molecule is CC(C)Oc1cc([N+](=O)[O-])ccc1Oc1cnc(N)s1. The lowest BCUT2D eigenvalue weighted by atomic mass is 10.3. The van der Waals surface area contributed by atoms with E-state index in [1.807, 2.05) is 13.8 Å². The van der Waals surface area contributed by atoms with Gasteiger partial charge in [-0.05, 0) is 19.9 Å². The van der Waals surface area contributed by atoms with Crippen LogP contribution < -0.4 is 15.2 Å². The van der Waals surface area contributed by atoms with Crippen LogP contribution in [0.5, 0.6) is 16.6 Å². The van der Waals surface area contributed by atoms with Crippen LogP contribution in [0, 0.1) is 10.1 Å². The van der Waals surface area contributed by atoms with Crippen LogP contribution in [0.3, 0.4) is 0 Å². The van der Waals surface area contributed by atoms with E-state index >= 15 is 0 Å². The molecule has 20 heavy (non-hydrogen) atoms. The second-order valence-electron chi connectivity index (χ2n) is 4.17. The van der Waals surface area contributed by atoms with Gasteiger partial charge in [0.05, 0.1) is 23.3 Å². The van der Waals surface area contributed by atoms with E-state index in [1.54, 1.807) is 0 Å². The second-order valence-corrected chi connectivity index (χ2v) is 5.20. The molecule has 2 N–H and O–H groups in total. The minimum atomic E-state index is -0.484. The van der Waals surface area contributed by atoms with E-state index in [9.17, 15) is 10.1 Å². The van der Waals surface area contributed by atoms with Crippen LogP contribution in [0.2, 0.25) is 0 Å². The van der Waals surface area contributed by atoms with Gasteiger partial charge in [0, 0.05) is 6.07 Å². The number of nitrogens with two attached hydrogens (primary N) is 1. The van der Waals surface area contributed by atoms with Crippen molar-refractivity contribution in [3.05, 3.63) is 34.5 Å². The summed E-state index contributed by atoms with van der Waals surface area (Å²) >= 11 is 1.18. The van der Waals surface area contributed by atoms with E-state index in [-0.39, 0.29) is 11.8 Å². The summed E-state index contributed by atoms with van der Waals surface area (Å²) in [6.07, 6.45) is 1.35. The molecule has 1 aromatic heterocycles. The van der Waals surface area contributed by atoms with Gasteiger partial charge in [0.25, 0.3) is 5.69 Å². The standard InChI is InChI=1S/C12H13N3O4S/c1-7(2)18-10-5-8(15(16)17)3-4-9(10)19-11-6-14-12(13)20-11/h3-7H,1-2H3,(H2,13,14). The number of nitrogen functional groups attached to an aromatic ring is 1. The summed E-state index contributed by atoms with van der Waals surface area (Å²) in [5.41, 5.74) is 5.46. The van der Waals surface area contributed by atoms with E-state index < -0.39 is 4.92 Å². The summed E-state index contributed by atoms with van der Waals surface area (Å²) in [7, 11) is 0. The first kappa shape index (κ1) is 14.1. The molecular formula is C12H13N3O4S. The molecule has 0 aliphatic heterocycles. The van der Waals surface area contributed by atoms with Gasteiger partial charge in [0.2, 0.25) is 5.06 Å². The first-order valence-corrected chi connectivity index (χ1v) is 6.61. The Bertz CT molecular complexity index is 627. The molecule has 0 unspecified atom stereocenters. The fourth-order valence-corrected chi connectivity index (χ4v) is 2.02. The molecular weight excluding hydrogens is 282 g/mol. The predicted octanol–water partition coefficient (Wildman–Crippen LogP) is 3.21. The maximum absolute atomic E-state index is 10.8. The monoisotopic (exact) mass is 295 g/mol. The summed E-state index contributed by atoms with van der Waals surface area (Å²) < 4.78 is 11.1. The number of anilines is 1. The van der Waals surface area contributed by atoms with Crippen molar-refractivity contribution in [2.45, 2.75) is 20.0 Å². The maximum Gasteiger partial charge on any atom is 0.273 e. The van der Waals surface area contributed by atoms with Gasteiger partial charge in [-0.15, -0.1) is 0 Å². The number of aromatic nitrogens is 1. The van der Waals surface area contributed by atoms with Gasteiger partial charge in [-0.25, -0.2) is 4.98 Å². The average molecular weight is 295 g/mol. The van der Waals surface area contributed by atoms with Crippen LogP contribution in [-0.4, -0.2) is 16.0 Å². The molecule has 0 radical (unpaired) electrons. The Labute approximate surface area is 119 Å². The molecule has 0 fully saturated rings. The van der Waals surface area contributed by atoms with E-state index in [0.29, 0.717) is 21.7 Å². The van der Waals surface area contributed by atoms with Crippen molar-refractivity contribution in [2.24, 2.45) is 0 Å². The number of thiazole rings is 1. The number of nitro groups is 1. The quantitative estimate of drug-likeness (QED) is 0.671. The summed E-state index contributed by atoms with van der Waals surface area (Å²) in [5.74, 6) is 0.689. The second kappa shape index (κ2) is 5.74. The first-order chi connectivity index (χ1) is 9.45. The summed E-state index contributed by atoms with van der Waals surface area (Å²) in [4.78, 5) is 14.2. The summed E-state index contributed by atoms with van der Waals surface area (Å²) in [5, 5.41) is 11.7. The van der Waals surface area contributed by atoms with Crippen molar-refractivity contribution in [2.75, 3.05) is 5.73 Å². The fourth-order valence-electron chi connectivity index (χ4n) is 1.47. The summed E-state index contributed by atoms with van der Waals surface area (Å²) in [6.45, 7) is 3.65. The van der Waals surface area contributed by atoms with Crippen molar-refractivity contribution in [3.63, 3.8) is 0 Å². The van der Waals surface area contributed by atoms with Crippen LogP contribution in [-0.2, 0) is 0 Å². The Kier molecular flexibility index (Phi) is 4.04. The van der Waals surface area contributed by atoms with Gasteiger partial charge >= 0.3 is 0 Å². The third-order valence-electron chi connectivity index (χ3n) is 2.21. The van der Waals surface area contributed by atoms with Crippen molar-refractivity contribution in [1.82, 2.24) is 4.98 Å². The van der Waals surface area contributed by atoms with Crippen LogP contribution in [0.15, 0.2) is 24.4 Å². The molecule has 1 heterocycles. The van der Waals surface area contributed by atoms with Crippen molar-refractivity contribution < 1.29 is 14.4 Å². The normalized spacial score (nSPS) is 10.6. The predicted molar refractivity (Wildman–Crippen MR) is 75.5 cm³/mol. The minimum absolute atomic E-state index is 0.0585. The lowest BCUT2D eigenvalue weighted by molar-refractivity contribution is -0.385. The molecule has 7 nitrogen and oxygen atoms in total. The van der Waals surface area contributed by atoms with Gasteiger partial charge in [0.15, 0.2) is 16.6 Å². The highest BCUT2D eigenvalue weighted by molar-refractivity contribution is 7.17. The molecule has 2 rings (SSSR count). The van der Waals surface area contributed by atoms with Gasteiger partial charge in [0.1, 0.15) is 0 Å². The van der Waals surface area contributed by atoms with E-state index in [2.05, 4.69) is 4.98 Å². The smallest absolute Gasteiger partial charge is 0.273 e. The number of benzene rings is 1. The van der Waals surface area contributed by atoms with Gasteiger partial charge in [-0.1, -0.05) is 11.3 Å². The van der Waals surface area contributed by atoms with Crippen LogP contribution >= 0.6 is 11.3 Å². The van der Waals surface area contributed by atoms with Gasteiger partial charge in [-0.2, -0.15) is 0 Å². The minimum Gasteiger partial charge on any atom is -0.487 e. The molecule has 106 valence electrons. The van der Waals surface area contributed by atoms with Crippen LogP contribution in [0.4, 0.5) is 10.8 Å². The number of hydrogen-bond acceptors (Lipinski definition) is 7. The Balaban J connectivity index is 2.32. The third-order valence-corrected chi connectivity index (χ3v) is 2.92. The zero-order chi connectivity index (χ0) is 14.7. The van der Waals surface area contributed by atoms with Crippen LogP contribution in [0.25, 0.3) is 0 Å². The molecule has 0 aliphatic rings. The number of non-ortho nitro benzene ring substituents is 1. The highest BCUT2D eigenvalue weighted by Gasteiger charge is 2.15. The third kappa shape index (κ3) is 3.35. The van der Waals surface area contributed by atoms with Gasteiger partial charge in [-0.3, -0.25) is 10.1 Å². The largest absolute Gasteiger partial charge is 0.487 e. The Morgan fingerprint density at radius 1 is 1.40 bits per heavy atom. The van der Waals surface area contributed by atoms with Crippen molar-refractivity contribution in [3.8, 4) is 16.6 Å². The molecule has 0 spiro atoms. The number of nitrogens with zero attached hydrogens (tertiary/aromatic N) is 2. The zero-order valence-corrected chi connectivity index (χ0v) is 11.7. The van der Waals surface area contributed by atoms with E-state index in [4.69, 9.17) is 15.2 Å². The molecule has 2 aromatic rings. The molecule has 1 aromatic carbocycles. The lowest BCUT2D eigenvalue weighted by Crippen LogP contribution is -2.06. The maximum atomic E-state index is 10.8. The number of ether oxygens (including phenoxy) is 2. The number of hydrogen-bond donors (Lipinski definition) is 1.